The van der Waals surface area contributed by atoms with Crippen molar-refractivity contribution in [2.24, 2.45) is 0 Å². The monoisotopic (exact) mass is 350 g/mol. The van der Waals surface area contributed by atoms with Crippen molar-refractivity contribution >= 4 is 0 Å². The lowest BCUT2D eigenvalue weighted by molar-refractivity contribution is -0.0965. The van der Waals surface area contributed by atoms with Gasteiger partial charge in [0.25, 0.3) is 0 Å². The van der Waals surface area contributed by atoms with Gasteiger partial charge < -0.3 is 19.1 Å². The van der Waals surface area contributed by atoms with Gasteiger partial charge in [0.15, 0.2) is 0 Å². The molecule has 0 amide bonds. The van der Waals surface area contributed by atoms with Crippen molar-refractivity contribution in [3.63, 3.8) is 0 Å². The van der Waals surface area contributed by atoms with Crippen molar-refractivity contribution < 1.29 is 14.6 Å². The Hall–Kier alpha value is -2.47. The van der Waals surface area contributed by atoms with Gasteiger partial charge in [-0.15, -0.1) is 0 Å². The Kier molecular flexibility index (Phi) is 5.11. The van der Waals surface area contributed by atoms with Gasteiger partial charge in [-0.05, 0) is 11.1 Å². The van der Waals surface area contributed by atoms with Crippen molar-refractivity contribution in [2.45, 2.75) is 31.5 Å². The minimum atomic E-state index is -0.265. The molecule has 0 saturated heterocycles. The average molecular weight is 350 g/mol. The van der Waals surface area contributed by atoms with Crippen LogP contribution in [0, 0.1) is 0 Å². The SMILES string of the molecule is OC[C@@H]1[C@@H](OCc2ccccc2)[C@@H](OCc2ccccc2)c2cncn21. The number of rotatable bonds is 7. The zero-order valence-corrected chi connectivity index (χ0v) is 14.4. The Bertz CT molecular complexity index is 820. The van der Waals surface area contributed by atoms with Crippen LogP contribution in [-0.2, 0) is 22.7 Å². The Morgan fingerprint density at radius 1 is 0.885 bits per heavy atom. The van der Waals surface area contributed by atoms with Crippen LogP contribution in [0.5, 0.6) is 0 Å². The van der Waals surface area contributed by atoms with Crippen molar-refractivity contribution in [1.82, 2.24) is 9.55 Å². The fraction of sp³-hybridized carbons (Fsp3) is 0.286. The lowest BCUT2D eigenvalue weighted by Gasteiger charge is -2.24. The van der Waals surface area contributed by atoms with E-state index in [9.17, 15) is 5.11 Å². The second kappa shape index (κ2) is 7.83. The summed E-state index contributed by atoms with van der Waals surface area (Å²) in [5, 5.41) is 9.92. The minimum absolute atomic E-state index is 0.0198. The summed E-state index contributed by atoms with van der Waals surface area (Å²) >= 11 is 0. The molecule has 0 saturated carbocycles. The summed E-state index contributed by atoms with van der Waals surface area (Å²) in [4.78, 5) is 4.22. The van der Waals surface area contributed by atoms with Crippen LogP contribution in [0.25, 0.3) is 0 Å². The molecule has 4 rings (SSSR count). The summed E-state index contributed by atoms with van der Waals surface area (Å²) in [5.41, 5.74) is 3.14. The van der Waals surface area contributed by atoms with Crippen LogP contribution in [0.4, 0.5) is 0 Å². The third-order valence-corrected chi connectivity index (χ3v) is 4.77. The Morgan fingerprint density at radius 3 is 2.12 bits per heavy atom. The van der Waals surface area contributed by atoms with Gasteiger partial charge in [0.1, 0.15) is 12.2 Å². The molecule has 1 aromatic heterocycles. The maximum absolute atomic E-state index is 9.92. The highest BCUT2D eigenvalue weighted by Crippen LogP contribution is 2.39. The summed E-state index contributed by atoms with van der Waals surface area (Å²) in [6.45, 7) is 0.944. The second-order valence-corrected chi connectivity index (χ2v) is 6.45. The number of fused-ring (bicyclic) bond motifs is 1. The van der Waals surface area contributed by atoms with Crippen LogP contribution in [0.2, 0.25) is 0 Å². The normalized spacial score (nSPS) is 21.7. The molecule has 1 aliphatic heterocycles. The van der Waals surface area contributed by atoms with Gasteiger partial charge in [-0.2, -0.15) is 0 Å². The Labute approximate surface area is 152 Å². The zero-order valence-electron chi connectivity index (χ0n) is 14.4. The number of hydrogen-bond donors (Lipinski definition) is 1. The van der Waals surface area contributed by atoms with E-state index >= 15 is 0 Å². The van der Waals surface area contributed by atoms with Crippen LogP contribution < -0.4 is 0 Å². The van der Waals surface area contributed by atoms with Crippen molar-refractivity contribution in [3.05, 3.63) is 90.0 Å². The van der Waals surface area contributed by atoms with Gasteiger partial charge in [-0.3, -0.25) is 0 Å². The van der Waals surface area contributed by atoms with E-state index in [4.69, 9.17) is 9.47 Å². The van der Waals surface area contributed by atoms with Gasteiger partial charge >= 0.3 is 0 Å². The fourth-order valence-electron chi connectivity index (χ4n) is 3.44. The van der Waals surface area contributed by atoms with E-state index in [1.165, 1.54) is 0 Å². The van der Waals surface area contributed by atoms with Crippen LogP contribution in [0.3, 0.4) is 0 Å². The molecule has 0 radical (unpaired) electrons. The molecule has 0 bridgehead atoms. The number of hydrogen-bond acceptors (Lipinski definition) is 4. The molecule has 0 unspecified atom stereocenters. The molecule has 26 heavy (non-hydrogen) atoms. The number of aromatic nitrogens is 2. The smallest absolute Gasteiger partial charge is 0.128 e. The highest BCUT2D eigenvalue weighted by Gasteiger charge is 2.42. The average Bonchev–Trinajstić information content (AvgIpc) is 3.27. The van der Waals surface area contributed by atoms with E-state index in [2.05, 4.69) is 4.98 Å². The van der Waals surface area contributed by atoms with Gasteiger partial charge in [-0.1, -0.05) is 60.7 Å². The van der Waals surface area contributed by atoms with Crippen LogP contribution in [-0.4, -0.2) is 27.4 Å². The van der Waals surface area contributed by atoms with E-state index in [0.29, 0.717) is 13.2 Å². The Morgan fingerprint density at radius 2 is 1.50 bits per heavy atom. The molecule has 1 N–H and O–H groups in total. The molecule has 0 fully saturated rings. The second-order valence-electron chi connectivity index (χ2n) is 6.45. The first kappa shape index (κ1) is 17.0. The van der Waals surface area contributed by atoms with Gasteiger partial charge in [0.05, 0.1) is 44.1 Å². The molecule has 1 aliphatic rings. The molecule has 2 aromatic carbocycles. The maximum atomic E-state index is 9.92. The van der Waals surface area contributed by atoms with E-state index in [-0.39, 0.29) is 24.9 Å². The number of nitrogens with zero attached hydrogens (tertiary/aromatic N) is 2. The zero-order chi connectivity index (χ0) is 17.8. The van der Waals surface area contributed by atoms with Crippen LogP contribution >= 0.6 is 0 Å². The molecule has 5 nitrogen and oxygen atoms in total. The predicted octanol–water partition coefficient (Wildman–Crippen LogP) is 3.27. The summed E-state index contributed by atoms with van der Waals surface area (Å²) in [6, 6.07) is 19.9. The molecule has 3 aromatic rings. The molecule has 3 atom stereocenters. The molecular formula is C21H22N2O3. The summed E-state index contributed by atoms with van der Waals surface area (Å²) in [5.74, 6) is 0. The lowest BCUT2D eigenvalue weighted by atomic mass is 10.1. The third kappa shape index (κ3) is 3.42. The molecule has 0 aliphatic carbocycles. The van der Waals surface area contributed by atoms with Gasteiger partial charge in [0.2, 0.25) is 0 Å². The highest BCUT2D eigenvalue weighted by atomic mass is 16.5. The largest absolute Gasteiger partial charge is 0.394 e. The number of ether oxygens (including phenoxy) is 2. The topological polar surface area (TPSA) is 56.5 Å². The predicted molar refractivity (Wildman–Crippen MR) is 97.3 cm³/mol. The third-order valence-electron chi connectivity index (χ3n) is 4.77. The first-order chi connectivity index (χ1) is 12.9. The van der Waals surface area contributed by atoms with Crippen LogP contribution in [0.1, 0.15) is 29.0 Å². The van der Waals surface area contributed by atoms with Gasteiger partial charge in [0, 0.05) is 0 Å². The molecule has 0 spiro atoms. The number of aliphatic hydroxyl groups excluding tert-OH is 1. The van der Waals surface area contributed by atoms with Crippen molar-refractivity contribution in [3.8, 4) is 0 Å². The maximum Gasteiger partial charge on any atom is 0.128 e. The first-order valence-electron chi connectivity index (χ1n) is 8.80. The molecular weight excluding hydrogens is 328 g/mol. The van der Waals surface area contributed by atoms with Crippen LogP contribution in [0.15, 0.2) is 73.2 Å². The van der Waals surface area contributed by atoms with E-state index in [0.717, 1.165) is 16.8 Å². The minimum Gasteiger partial charge on any atom is -0.394 e. The van der Waals surface area contributed by atoms with E-state index < -0.39 is 0 Å². The molecule has 2 heterocycles. The fourth-order valence-corrected chi connectivity index (χ4v) is 3.44. The Balaban J connectivity index is 1.51. The summed E-state index contributed by atoms with van der Waals surface area (Å²) in [6.07, 6.45) is 3.01. The van der Waals surface area contributed by atoms with E-state index in [1.807, 2.05) is 65.2 Å². The van der Waals surface area contributed by atoms with Crippen molar-refractivity contribution in [1.29, 1.82) is 0 Å². The quantitative estimate of drug-likeness (QED) is 0.710. The number of imidazole rings is 1. The summed E-state index contributed by atoms with van der Waals surface area (Å²) < 4.78 is 14.4. The standard InChI is InChI=1S/C21H22N2O3/c24-12-19-21(26-14-17-9-5-2-6-10-17)20(18-11-22-15-23(18)19)25-13-16-7-3-1-4-8-16/h1-11,15,19-21,24H,12-14H2/t19-,20+,21-/m1/s1. The summed E-state index contributed by atoms with van der Waals surface area (Å²) in [7, 11) is 0. The lowest BCUT2D eigenvalue weighted by Crippen LogP contribution is -2.28. The highest BCUT2D eigenvalue weighted by molar-refractivity contribution is 5.18. The molecule has 5 heteroatoms. The van der Waals surface area contributed by atoms with Crippen molar-refractivity contribution in [2.75, 3.05) is 6.61 Å². The molecule has 134 valence electrons. The first-order valence-corrected chi connectivity index (χ1v) is 8.80. The van der Waals surface area contributed by atoms with Gasteiger partial charge in [-0.25, -0.2) is 4.98 Å². The number of benzene rings is 2. The van der Waals surface area contributed by atoms with E-state index in [1.54, 1.807) is 12.5 Å². The number of aliphatic hydroxyl groups is 1.